The molecule has 0 aliphatic heterocycles. The topological polar surface area (TPSA) is 82.1 Å². The van der Waals surface area contributed by atoms with E-state index >= 15 is 0 Å². The molecule has 2 rings (SSSR count). The fraction of sp³-hybridized carbons (Fsp3) is 0.905. The Kier molecular flexibility index (Phi) is 8.55. The number of fused-ring (bicyclic) bond motifs is 2. The van der Waals surface area contributed by atoms with Crippen LogP contribution in [0, 0.1) is 11.8 Å². The van der Waals surface area contributed by atoms with Crippen molar-refractivity contribution in [3.63, 3.8) is 0 Å². The average Bonchev–Trinajstić information content (AvgIpc) is 2.64. The lowest BCUT2D eigenvalue weighted by Gasteiger charge is -2.45. The SMILES string of the molecule is CCOC(=O)C(OCCC(F)(F)C(C)(F)F)(OC(=O)CC1CC2CCCC(O)(C2)C1)C(F)(F)F. The van der Waals surface area contributed by atoms with Crippen LogP contribution in [0.5, 0.6) is 0 Å². The van der Waals surface area contributed by atoms with Gasteiger partial charge in [0.15, 0.2) is 0 Å². The molecule has 0 aromatic rings. The van der Waals surface area contributed by atoms with Crippen molar-refractivity contribution in [3.05, 3.63) is 0 Å². The molecule has 0 aromatic carbocycles. The summed E-state index contributed by atoms with van der Waals surface area (Å²) in [5, 5.41) is 10.6. The highest BCUT2D eigenvalue weighted by Gasteiger charge is 2.68. The minimum Gasteiger partial charge on any atom is -0.461 e. The Morgan fingerprint density at radius 3 is 2.26 bits per heavy atom. The van der Waals surface area contributed by atoms with Crippen molar-refractivity contribution in [1.29, 1.82) is 0 Å². The van der Waals surface area contributed by atoms with E-state index in [1.165, 1.54) is 0 Å². The van der Waals surface area contributed by atoms with Gasteiger partial charge in [0.1, 0.15) is 0 Å². The normalized spacial score (nSPS) is 27.6. The summed E-state index contributed by atoms with van der Waals surface area (Å²) >= 11 is 0. The molecule has 0 aromatic heterocycles. The molecule has 198 valence electrons. The predicted molar refractivity (Wildman–Crippen MR) is 102 cm³/mol. The smallest absolute Gasteiger partial charge is 0.461 e. The Morgan fingerprint density at radius 2 is 1.74 bits per heavy atom. The number of halogens is 7. The van der Waals surface area contributed by atoms with E-state index in [-0.39, 0.29) is 19.3 Å². The maximum absolute atomic E-state index is 13.9. The van der Waals surface area contributed by atoms with Crippen molar-refractivity contribution in [3.8, 4) is 0 Å². The lowest BCUT2D eigenvalue weighted by Crippen LogP contribution is -2.59. The monoisotopic (exact) mass is 510 g/mol. The number of ether oxygens (including phenoxy) is 3. The molecule has 2 saturated carbocycles. The molecular formula is C21H29F7O6. The van der Waals surface area contributed by atoms with Crippen LogP contribution in [0.25, 0.3) is 0 Å². The number of carbonyl (C=O) groups excluding carboxylic acids is 2. The predicted octanol–water partition coefficient (Wildman–Crippen LogP) is 4.77. The summed E-state index contributed by atoms with van der Waals surface area (Å²) in [5.74, 6) is -17.9. The number of aliphatic hydroxyl groups is 1. The summed E-state index contributed by atoms with van der Waals surface area (Å²) in [6.45, 7) is -1.26. The van der Waals surface area contributed by atoms with Crippen molar-refractivity contribution >= 4 is 11.9 Å². The van der Waals surface area contributed by atoms with E-state index in [9.17, 15) is 45.4 Å². The van der Waals surface area contributed by atoms with E-state index in [0.29, 0.717) is 19.3 Å². The van der Waals surface area contributed by atoms with Crippen molar-refractivity contribution in [1.82, 2.24) is 0 Å². The van der Waals surface area contributed by atoms with Crippen molar-refractivity contribution < 1.29 is 59.6 Å². The Morgan fingerprint density at radius 1 is 1.09 bits per heavy atom. The molecule has 2 fully saturated rings. The second-order valence-electron chi connectivity index (χ2n) is 9.20. The standard InChI is InChI=1S/C21H29F7O6/c1-3-32-16(30)20(21(26,27)28,33-8-7-19(24,25)17(2,22)23)34-15(29)10-14-9-13-5-4-6-18(31,11-13)12-14/h13-14,31H,3-12H2,1-2H3. The van der Waals surface area contributed by atoms with Crippen LogP contribution in [0.1, 0.15) is 65.2 Å². The van der Waals surface area contributed by atoms with Gasteiger partial charge in [0.2, 0.25) is 0 Å². The molecular weight excluding hydrogens is 481 g/mol. The number of esters is 2. The Balaban J connectivity index is 2.19. The molecule has 6 nitrogen and oxygen atoms in total. The third-order valence-corrected chi connectivity index (χ3v) is 6.25. The van der Waals surface area contributed by atoms with Crippen molar-refractivity contribution in [2.75, 3.05) is 13.2 Å². The molecule has 4 unspecified atom stereocenters. The second-order valence-corrected chi connectivity index (χ2v) is 9.20. The highest BCUT2D eigenvalue weighted by molar-refractivity contribution is 5.83. The highest BCUT2D eigenvalue weighted by atomic mass is 19.4. The lowest BCUT2D eigenvalue weighted by molar-refractivity contribution is -0.358. The van der Waals surface area contributed by atoms with E-state index in [1.807, 2.05) is 0 Å². The molecule has 0 spiro atoms. The molecule has 1 N–H and O–H groups in total. The van der Waals surface area contributed by atoms with Gasteiger partial charge in [-0.15, -0.1) is 0 Å². The summed E-state index contributed by atoms with van der Waals surface area (Å²) in [5.41, 5.74) is -1.04. The quantitative estimate of drug-likeness (QED) is 0.259. The maximum atomic E-state index is 13.9. The summed E-state index contributed by atoms with van der Waals surface area (Å²) in [7, 11) is 0. The molecule has 34 heavy (non-hydrogen) atoms. The zero-order valence-electron chi connectivity index (χ0n) is 18.9. The third-order valence-electron chi connectivity index (χ3n) is 6.25. The van der Waals surface area contributed by atoms with Gasteiger partial charge in [0.05, 0.1) is 18.8 Å². The summed E-state index contributed by atoms with van der Waals surface area (Å²) < 4.78 is 108. The third kappa shape index (κ3) is 6.52. The van der Waals surface area contributed by atoms with Gasteiger partial charge in [-0.1, -0.05) is 12.8 Å². The average molecular weight is 510 g/mol. The first-order valence-electron chi connectivity index (χ1n) is 11.0. The molecule has 2 bridgehead atoms. The van der Waals surface area contributed by atoms with Crippen LogP contribution in [0.3, 0.4) is 0 Å². The zero-order chi connectivity index (χ0) is 26.0. The lowest BCUT2D eigenvalue weighted by atomic mass is 9.65. The van der Waals surface area contributed by atoms with Gasteiger partial charge in [0, 0.05) is 19.8 Å². The van der Waals surface area contributed by atoms with Gasteiger partial charge < -0.3 is 19.3 Å². The summed E-state index contributed by atoms with van der Waals surface area (Å²) in [6.07, 6.45) is -5.05. The molecule has 0 radical (unpaired) electrons. The van der Waals surface area contributed by atoms with Crippen LogP contribution in [-0.4, -0.2) is 59.7 Å². The van der Waals surface area contributed by atoms with Gasteiger partial charge in [-0.05, 0) is 44.4 Å². The van der Waals surface area contributed by atoms with E-state index in [4.69, 9.17) is 0 Å². The molecule has 2 aliphatic carbocycles. The fourth-order valence-electron chi connectivity index (χ4n) is 4.69. The van der Waals surface area contributed by atoms with Gasteiger partial charge in [-0.2, -0.15) is 22.0 Å². The number of rotatable bonds is 10. The van der Waals surface area contributed by atoms with Crippen molar-refractivity contribution in [2.45, 2.75) is 94.6 Å². The van der Waals surface area contributed by atoms with Gasteiger partial charge in [-0.25, -0.2) is 13.6 Å². The minimum absolute atomic E-state index is 0.0805. The number of hydrogen-bond acceptors (Lipinski definition) is 6. The molecule has 0 amide bonds. The fourth-order valence-corrected chi connectivity index (χ4v) is 4.69. The Hall–Kier alpha value is -1.63. The highest BCUT2D eigenvalue weighted by Crippen LogP contribution is 2.47. The minimum atomic E-state index is -5.76. The first-order valence-corrected chi connectivity index (χ1v) is 11.0. The van der Waals surface area contributed by atoms with E-state index in [1.54, 1.807) is 0 Å². The number of carbonyl (C=O) groups is 2. The molecule has 4 atom stereocenters. The zero-order valence-corrected chi connectivity index (χ0v) is 18.9. The van der Waals surface area contributed by atoms with E-state index in [0.717, 1.165) is 19.8 Å². The largest absolute Gasteiger partial charge is 0.468 e. The van der Waals surface area contributed by atoms with Crippen LogP contribution in [0.4, 0.5) is 30.7 Å². The van der Waals surface area contributed by atoms with Gasteiger partial charge >= 0.3 is 35.7 Å². The second kappa shape index (κ2) is 10.2. The summed E-state index contributed by atoms with van der Waals surface area (Å²) in [6, 6.07) is 0. The number of alkyl halides is 7. The molecule has 0 saturated heterocycles. The Labute approximate surface area is 192 Å². The molecule has 2 aliphatic rings. The van der Waals surface area contributed by atoms with Crippen LogP contribution < -0.4 is 0 Å². The molecule has 0 heterocycles. The van der Waals surface area contributed by atoms with Crippen LogP contribution in [-0.2, 0) is 23.8 Å². The maximum Gasteiger partial charge on any atom is 0.468 e. The summed E-state index contributed by atoms with van der Waals surface area (Å²) in [4.78, 5) is 24.6. The van der Waals surface area contributed by atoms with Gasteiger partial charge in [-0.3, -0.25) is 4.79 Å². The first-order chi connectivity index (χ1) is 15.4. The molecule has 13 heteroatoms. The Bertz CT molecular complexity index is 738. The number of hydrogen-bond donors (Lipinski definition) is 1. The van der Waals surface area contributed by atoms with Crippen molar-refractivity contribution in [2.24, 2.45) is 11.8 Å². The van der Waals surface area contributed by atoms with E-state index in [2.05, 4.69) is 14.2 Å². The van der Waals surface area contributed by atoms with Crippen LogP contribution in [0.2, 0.25) is 0 Å². The van der Waals surface area contributed by atoms with E-state index < -0.39 is 73.3 Å². The van der Waals surface area contributed by atoms with Crippen LogP contribution >= 0.6 is 0 Å². The van der Waals surface area contributed by atoms with Crippen LogP contribution in [0.15, 0.2) is 0 Å². The first kappa shape index (κ1) is 28.6. The van der Waals surface area contributed by atoms with Gasteiger partial charge in [0.25, 0.3) is 0 Å².